The van der Waals surface area contributed by atoms with Crippen molar-refractivity contribution < 1.29 is 13.2 Å². The number of allylic oxidation sites excluding steroid dienone is 5. The minimum atomic E-state index is -4.42. The first-order valence-electron chi connectivity index (χ1n) is 5.39. The Kier molecular flexibility index (Phi) is 4.48. The topological polar surface area (TPSA) is 12.9 Å². The molecule has 96 valence electrons. The molecule has 1 heterocycles. The highest BCUT2D eigenvalue weighted by Crippen LogP contribution is 2.33. The SMILES string of the molecule is C=C/C(=C(\C=C/C)C(F)(F)F)c1ccc(C)nc1. The number of nitrogens with zero attached hydrogens (tertiary/aromatic N) is 1. The lowest BCUT2D eigenvalue weighted by molar-refractivity contribution is -0.0875. The van der Waals surface area contributed by atoms with Crippen molar-refractivity contribution >= 4 is 5.57 Å². The molecule has 0 aromatic carbocycles. The molecule has 0 aliphatic carbocycles. The molecule has 1 aromatic heterocycles. The lowest BCUT2D eigenvalue weighted by atomic mass is 10.0. The number of halogens is 3. The van der Waals surface area contributed by atoms with Crippen LogP contribution in [-0.2, 0) is 0 Å². The third-order valence-corrected chi connectivity index (χ3v) is 2.36. The van der Waals surface area contributed by atoms with Crippen LogP contribution < -0.4 is 0 Å². The second-order valence-electron chi connectivity index (χ2n) is 3.72. The van der Waals surface area contributed by atoms with Gasteiger partial charge in [0.15, 0.2) is 0 Å². The lowest BCUT2D eigenvalue weighted by Gasteiger charge is -2.13. The number of alkyl halides is 3. The highest BCUT2D eigenvalue weighted by Gasteiger charge is 2.34. The fourth-order valence-corrected chi connectivity index (χ4v) is 1.51. The van der Waals surface area contributed by atoms with Gasteiger partial charge in [-0.1, -0.05) is 30.9 Å². The minimum absolute atomic E-state index is 0.0353. The maximum absolute atomic E-state index is 12.9. The van der Waals surface area contributed by atoms with Crippen molar-refractivity contribution in [3.05, 3.63) is 60.0 Å². The first kappa shape index (κ1) is 14.2. The van der Waals surface area contributed by atoms with Crippen molar-refractivity contribution in [1.29, 1.82) is 0 Å². The number of pyridine rings is 1. The third-order valence-electron chi connectivity index (χ3n) is 2.36. The van der Waals surface area contributed by atoms with Gasteiger partial charge in [-0.2, -0.15) is 13.2 Å². The number of aryl methyl sites for hydroxylation is 1. The van der Waals surface area contributed by atoms with Gasteiger partial charge in [0.2, 0.25) is 0 Å². The summed E-state index contributed by atoms with van der Waals surface area (Å²) in [7, 11) is 0. The molecule has 0 aliphatic rings. The van der Waals surface area contributed by atoms with Crippen molar-refractivity contribution in [2.45, 2.75) is 20.0 Å². The molecule has 1 aromatic rings. The van der Waals surface area contributed by atoms with Gasteiger partial charge >= 0.3 is 6.18 Å². The van der Waals surface area contributed by atoms with Crippen LogP contribution in [0.3, 0.4) is 0 Å². The van der Waals surface area contributed by atoms with Gasteiger partial charge in [0.1, 0.15) is 0 Å². The Morgan fingerprint density at radius 3 is 2.39 bits per heavy atom. The normalized spacial score (nSPS) is 13.6. The molecule has 0 bridgehead atoms. The van der Waals surface area contributed by atoms with Crippen LogP contribution in [0.4, 0.5) is 13.2 Å². The van der Waals surface area contributed by atoms with E-state index in [-0.39, 0.29) is 5.57 Å². The summed E-state index contributed by atoms with van der Waals surface area (Å²) in [6.45, 7) is 6.77. The number of aromatic nitrogens is 1. The highest BCUT2D eigenvalue weighted by atomic mass is 19.4. The quantitative estimate of drug-likeness (QED) is 0.724. The van der Waals surface area contributed by atoms with Crippen LogP contribution in [0.15, 0.2) is 48.7 Å². The van der Waals surface area contributed by atoms with Gasteiger partial charge in [-0.25, -0.2) is 0 Å². The van der Waals surface area contributed by atoms with Gasteiger partial charge < -0.3 is 0 Å². The van der Waals surface area contributed by atoms with E-state index >= 15 is 0 Å². The molecule has 0 N–H and O–H groups in total. The summed E-state index contributed by atoms with van der Waals surface area (Å²) in [5.41, 5.74) is 0.474. The molecule has 0 amide bonds. The molecule has 0 saturated carbocycles. The summed E-state index contributed by atoms with van der Waals surface area (Å²) in [6.07, 6.45) is 0.600. The van der Waals surface area contributed by atoms with Crippen molar-refractivity contribution in [3.8, 4) is 0 Å². The maximum Gasteiger partial charge on any atom is 0.416 e. The second-order valence-corrected chi connectivity index (χ2v) is 3.72. The predicted octanol–water partition coefficient (Wildman–Crippen LogP) is 4.47. The van der Waals surface area contributed by atoms with Crippen LogP contribution in [0, 0.1) is 6.92 Å². The third kappa shape index (κ3) is 3.32. The van der Waals surface area contributed by atoms with Gasteiger partial charge in [-0.15, -0.1) is 0 Å². The first-order valence-corrected chi connectivity index (χ1v) is 5.39. The molecule has 0 unspecified atom stereocenters. The van der Waals surface area contributed by atoms with E-state index in [4.69, 9.17) is 0 Å². The highest BCUT2D eigenvalue weighted by molar-refractivity contribution is 5.78. The molecule has 1 rings (SSSR count). The lowest BCUT2D eigenvalue weighted by Crippen LogP contribution is -2.12. The van der Waals surface area contributed by atoms with Crippen molar-refractivity contribution in [1.82, 2.24) is 4.98 Å². The summed E-state index contributed by atoms with van der Waals surface area (Å²) in [5.74, 6) is 0. The second kappa shape index (κ2) is 5.67. The zero-order valence-electron chi connectivity index (χ0n) is 10.3. The van der Waals surface area contributed by atoms with Gasteiger partial charge in [-0.05, 0) is 25.5 Å². The van der Waals surface area contributed by atoms with Crippen molar-refractivity contribution in [2.24, 2.45) is 0 Å². The minimum Gasteiger partial charge on any atom is -0.261 e. The summed E-state index contributed by atoms with van der Waals surface area (Å²) >= 11 is 0. The summed E-state index contributed by atoms with van der Waals surface area (Å²) in [6, 6.07) is 3.27. The van der Waals surface area contributed by atoms with Crippen LogP contribution in [0.1, 0.15) is 18.2 Å². The Morgan fingerprint density at radius 1 is 1.33 bits per heavy atom. The Hall–Kier alpha value is -1.84. The Labute approximate surface area is 104 Å². The van der Waals surface area contributed by atoms with Gasteiger partial charge in [0.25, 0.3) is 0 Å². The van der Waals surface area contributed by atoms with E-state index in [9.17, 15) is 13.2 Å². The van der Waals surface area contributed by atoms with Crippen LogP contribution in [0.2, 0.25) is 0 Å². The zero-order valence-corrected chi connectivity index (χ0v) is 10.3. The Morgan fingerprint density at radius 2 is 2.00 bits per heavy atom. The van der Waals surface area contributed by atoms with Gasteiger partial charge in [0, 0.05) is 17.5 Å². The molecular weight excluding hydrogens is 239 g/mol. The number of hydrogen-bond acceptors (Lipinski definition) is 1. The van der Waals surface area contributed by atoms with Crippen molar-refractivity contribution in [3.63, 3.8) is 0 Å². The van der Waals surface area contributed by atoms with Crippen LogP contribution in [0.25, 0.3) is 5.57 Å². The summed E-state index contributed by atoms with van der Waals surface area (Å²) in [5, 5.41) is 0. The number of rotatable bonds is 3. The average Bonchev–Trinajstić information content (AvgIpc) is 2.30. The monoisotopic (exact) mass is 253 g/mol. The van der Waals surface area contributed by atoms with E-state index in [2.05, 4.69) is 11.6 Å². The molecule has 4 heteroatoms. The van der Waals surface area contributed by atoms with E-state index in [0.29, 0.717) is 5.56 Å². The molecule has 0 spiro atoms. The van der Waals surface area contributed by atoms with Crippen LogP contribution in [0.5, 0.6) is 0 Å². The van der Waals surface area contributed by atoms with E-state index < -0.39 is 11.7 Å². The standard InChI is InChI=1S/C14H14F3N/c1-4-6-13(14(15,16)17)12(5-2)11-8-7-10(3)18-9-11/h4-9H,2H2,1,3H3/b6-4-,13-12-. The van der Waals surface area contributed by atoms with Crippen molar-refractivity contribution in [2.75, 3.05) is 0 Å². The fourth-order valence-electron chi connectivity index (χ4n) is 1.51. The molecule has 0 radical (unpaired) electrons. The summed E-state index contributed by atoms with van der Waals surface area (Å²) in [4.78, 5) is 4.00. The maximum atomic E-state index is 12.9. The molecule has 0 aliphatic heterocycles. The molecule has 0 atom stereocenters. The van der Waals surface area contributed by atoms with Crippen LogP contribution in [-0.4, -0.2) is 11.2 Å². The molecule has 0 fully saturated rings. The Balaban J connectivity index is 3.44. The Bertz CT molecular complexity index is 479. The largest absolute Gasteiger partial charge is 0.416 e. The molecule has 0 saturated heterocycles. The molecular formula is C14H14F3N. The van der Waals surface area contributed by atoms with E-state index in [1.807, 2.05) is 0 Å². The first-order chi connectivity index (χ1) is 8.40. The van der Waals surface area contributed by atoms with E-state index in [1.165, 1.54) is 18.3 Å². The number of hydrogen-bond donors (Lipinski definition) is 0. The van der Waals surface area contributed by atoms with Gasteiger partial charge in [0.05, 0.1) is 5.57 Å². The molecule has 18 heavy (non-hydrogen) atoms. The average molecular weight is 253 g/mol. The predicted molar refractivity (Wildman–Crippen MR) is 67.0 cm³/mol. The fraction of sp³-hybridized carbons (Fsp3) is 0.214. The smallest absolute Gasteiger partial charge is 0.261 e. The summed E-state index contributed by atoms with van der Waals surface area (Å²) < 4.78 is 38.8. The van der Waals surface area contributed by atoms with E-state index in [1.54, 1.807) is 26.0 Å². The molecule has 1 nitrogen and oxygen atoms in total. The van der Waals surface area contributed by atoms with Gasteiger partial charge in [-0.3, -0.25) is 4.98 Å². The van der Waals surface area contributed by atoms with Crippen LogP contribution >= 0.6 is 0 Å². The van der Waals surface area contributed by atoms with E-state index in [0.717, 1.165) is 11.8 Å². The zero-order chi connectivity index (χ0) is 13.8.